The quantitative estimate of drug-likeness (QED) is 0.754. The van der Waals surface area contributed by atoms with Crippen molar-refractivity contribution in [2.45, 2.75) is 78.3 Å². The Morgan fingerprint density at radius 2 is 1.65 bits per heavy atom. The maximum Gasteiger partial charge on any atom is 0.0558 e. The third-order valence-corrected chi connectivity index (χ3v) is 4.21. The number of nitrogens with zero attached hydrogens (tertiary/aromatic N) is 1. The summed E-state index contributed by atoms with van der Waals surface area (Å²) in [6.45, 7) is 14.5. The molecule has 2 N–H and O–H groups in total. The van der Waals surface area contributed by atoms with Gasteiger partial charge in [0.2, 0.25) is 0 Å². The molecule has 0 amide bonds. The number of aliphatic hydroxyl groups is 1. The number of nitrogens with one attached hydrogen (secondary N) is 1. The average Bonchev–Trinajstić information content (AvgIpc) is 2.36. The highest BCUT2D eigenvalue weighted by molar-refractivity contribution is 4.84. The first-order chi connectivity index (χ1) is 9.23. The molecule has 0 spiro atoms. The van der Waals surface area contributed by atoms with Gasteiger partial charge in [-0.25, -0.2) is 0 Å². The van der Waals surface area contributed by atoms with Crippen LogP contribution < -0.4 is 5.32 Å². The minimum atomic E-state index is 0.171. The summed E-state index contributed by atoms with van der Waals surface area (Å²) in [5.74, 6) is 0. The van der Waals surface area contributed by atoms with Crippen LogP contribution in [-0.4, -0.2) is 47.8 Å². The second kappa shape index (κ2) is 7.77. The van der Waals surface area contributed by atoms with Gasteiger partial charge in [0, 0.05) is 31.2 Å². The molecular formula is C17H36N2O. The smallest absolute Gasteiger partial charge is 0.0558 e. The summed E-state index contributed by atoms with van der Waals surface area (Å²) in [6, 6.07) is 0.685. The highest BCUT2D eigenvalue weighted by Gasteiger charge is 2.28. The average molecular weight is 284 g/mol. The zero-order chi connectivity index (χ0) is 15.2. The van der Waals surface area contributed by atoms with E-state index in [1.165, 1.54) is 32.1 Å². The Morgan fingerprint density at radius 1 is 1.05 bits per heavy atom. The van der Waals surface area contributed by atoms with E-state index in [1.54, 1.807) is 0 Å². The van der Waals surface area contributed by atoms with E-state index < -0.39 is 0 Å². The summed E-state index contributed by atoms with van der Waals surface area (Å²) < 4.78 is 0. The normalized spacial score (nSPS) is 18.8. The largest absolute Gasteiger partial charge is 0.395 e. The van der Waals surface area contributed by atoms with Crippen LogP contribution in [0.3, 0.4) is 0 Å². The maximum absolute atomic E-state index is 9.37. The third kappa shape index (κ3) is 7.05. The Balaban J connectivity index is 2.53. The van der Waals surface area contributed by atoms with Crippen LogP contribution in [0.1, 0.15) is 66.7 Å². The first-order valence-corrected chi connectivity index (χ1v) is 8.33. The van der Waals surface area contributed by atoms with E-state index in [9.17, 15) is 5.11 Å². The Bertz CT molecular complexity index is 265. The predicted octanol–water partition coefficient (Wildman–Crippen LogP) is 3.03. The van der Waals surface area contributed by atoms with E-state index in [-0.39, 0.29) is 17.6 Å². The lowest BCUT2D eigenvalue weighted by Gasteiger charge is -2.40. The summed E-state index contributed by atoms with van der Waals surface area (Å²) in [6.07, 6.45) is 6.71. The molecule has 1 fully saturated rings. The summed E-state index contributed by atoms with van der Waals surface area (Å²) >= 11 is 0. The molecule has 1 rings (SSSR count). The van der Waals surface area contributed by atoms with E-state index in [2.05, 4.69) is 44.8 Å². The molecule has 0 atom stereocenters. The van der Waals surface area contributed by atoms with E-state index in [4.69, 9.17) is 0 Å². The minimum absolute atomic E-state index is 0.171. The zero-order valence-electron chi connectivity index (χ0n) is 14.3. The van der Waals surface area contributed by atoms with Crippen molar-refractivity contribution < 1.29 is 5.11 Å². The molecule has 0 aliphatic heterocycles. The highest BCUT2D eigenvalue weighted by Crippen LogP contribution is 2.26. The maximum atomic E-state index is 9.37. The van der Waals surface area contributed by atoms with Gasteiger partial charge >= 0.3 is 0 Å². The van der Waals surface area contributed by atoms with Crippen molar-refractivity contribution >= 4 is 0 Å². The SMILES string of the molecule is CC(C)(CNC(C)(C)C)CN(CCO)C1CCCCC1. The molecule has 0 aromatic heterocycles. The fourth-order valence-electron chi connectivity index (χ4n) is 3.08. The van der Waals surface area contributed by atoms with Gasteiger partial charge in [-0.1, -0.05) is 33.1 Å². The van der Waals surface area contributed by atoms with Gasteiger partial charge < -0.3 is 10.4 Å². The molecule has 1 aliphatic rings. The predicted molar refractivity (Wildman–Crippen MR) is 87.1 cm³/mol. The van der Waals surface area contributed by atoms with Gasteiger partial charge in [-0.05, 0) is 39.0 Å². The molecule has 0 bridgehead atoms. The van der Waals surface area contributed by atoms with E-state index in [1.807, 2.05) is 0 Å². The van der Waals surface area contributed by atoms with Crippen molar-refractivity contribution in [1.82, 2.24) is 10.2 Å². The van der Waals surface area contributed by atoms with Gasteiger partial charge in [0.1, 0.15) is 0 Å². The van der Waals surface area contributed by atoms with Crippen molar-refractivity contribution in [3.8, 4) is 0 Å². The van der Waals surface area contributed by atoms with Gasteiger partial charge in [0.05, 0.1) is 6.61 Å². The van der Waals surface area contributed by atoms with Crippen molar-refractivity contribution in [2.75, 3.05) is 26.2 Å². The molecule has 1 aliphatic carbocycles. The van der Waals surface area contributed by atoms with Crippen LogP contribution in [0, 0.1) is 5.41 Å². The van der Waals surface area contributed by atoms with Crippen molar-refractivity contribution in [3.63, 3.8) is 0 Å². The topological polar surface area (TPSA) is 35.5 Å². The fourth-order valence-corrected chi connectivity index (χ4v) is 3.08. The second-order valence-electron chi connectivity index (χ2n) is 8.25. The van der Waals surface area contributed by atoms with Crippen LogP contribution in [0.4, 0.5) is 0 Å². The van der Waals surface area contributed by atoms with Crippen molar-refractivity contribution in [1.29, 1.82) is 0 Å². The van der Waals surface area contributed by atoms with E-state index in [0.717, 1.165) is 19.6 Å². The molecule has 0 aromatic rings. The Morgan fingerprint density at radius 3 is 2.15 bits per heavy atom. The monoisotopic (exact) mass is 284 g/mol. The van der Waals surface area contributed by atoms with Crippen LogP contribution in [0.25, 0.3) is 0 Å². The van der Waals surface area contributed by atoms with Gasteiger partial charge in [0.25, 0.3) is 0 Å². The minimum Gasteiger partial charge on any atom is -0.395 e. The van der Waals surface area contributed by atoms with E-state index >= 15 is 0 Å². The zero-order valence-corrected chi connectivity index (χ0v) is 14.3. The van der Waals surface area contributed by atoms with Crippen molar-refractivity contribution in [2.24, 2.45) is 5.41 Å². The third-order valence-electron chi connectivity index (χ3n) is 4.21. The Labute approximate surface area is 126 Å². The first kappa shape index (κ1) is 17.9. The molecule has 0 radical (unpaired) electrons. The summed E-state index contributed by atoms with van der Waals surface area (Å²) in [5, 5.41) is 13.0. The standard InChI is InChI=1S/C17H36N2O/c1-16(2,3)18-13-17(4,5)14-19(11-12-20)15-9-7-6-8-10-15/h15,18,20H,6-14H2,1-5H3. The Kier molecular flexibility index (Phi) is 6.96. The van der Waals surface area contributed by atoms with Gasteiger partial charge in [0.15, 0.2) is 0 Å². The summed E-state index contributed by atoms with van der Waals surface area (Å²) in [5.41, 5.74) is 0.407. The molecule has 0 unspecified atom stereocenters. The van der Waals surface area contributed by atoms with Gasteiger partial charge in [-0.3, -0.25) is 4.90 Å². The molecule has 1 saturated carbocycles. The lowest BCUT2D eigenvalue weighted by molar-refractivity contribution is 0.0800. The van der Waals surface area contributed by atoms with E-state index in [0.29, 0.717) is 6.04 Å². The lowest BCUT2D eigenvalue weighted by Crippen LogP contribution is -2.49. The van der Waals surface area contributed by atoms with Crippen LogP contribution in [0.15, 0.2) is 0 Å². The molecule has 0 aromatic carbocycles. The van der Waals surface area contributed by atoms with Gasteiger partial charge in [-0.2, -0.15) is 0 Å². The van der Waals surface area contributed by atoms with Crippen LogP contribution in [-0.2, 0) is 0 Å². The second-order valence-corrected chi connectivity index (χ2v) is 8.25. The van der Waals surface area contributed by atoms with Crippen LogP contribution in [0.2, 0.25) is 0 Å². The lowest BCUT2D eigenvalue weighted by atomic mass is 9.88. The van der Waals surface area contributed by atoms with Gasteiger partial charge in [-0.15, -0.1) is 0 Å². The fraction of sp³-hybridized carbons (Fsp3) is 1.00. The highest BCUT2D eigenvalue weighted by atomic mass is 16.3. The molecule has 20 heavy (non-hydrogen) atoms. The molecule has 0 heterocycles. The summed E-state index contributed by atoms with van der Waals surface area (Å²) in [7, 11) is 0. The summed E-state index contributed by atoms with van der Waals surface area (Å²) in [4.78, 5) is 2.53. The molecule has 3 heteroatoms. The molecule has 3 nitrogen and oxygen atoms in total. The molecular weight excluding hydrogens is 248 g/mol. The molecule has 120 valence electrons. The van der Waals surface area contributed by atoms with Crippen LogP contribution >= 0.6 is 0 Å². The number of hydrogen-bond donors (Lipinski definition) is 2. The van der Waals surface area contributed by atoms with Crippen LogP contribution in [0.5, 0.6) is 0 Å². The number of rotatable bonds is 7. The first-order valence-electron chi connectivity index (χ1n) is 8.33. The molecule has 0 saturated heterocycles. The van der Waals surface area contributed by atoms with Crippen molar-refractivity contribution in [3.05, 3.63) is 0 Å². The number of hydrogen-bond acceptors (Lipinski definition) is 3. The Hall–Kier alpha value is -0.120. The number of aliphatic hydroxyl groups excluding tert-OH is 1.